The summed E-state index contributed by atoms with van der Waals surface area (Å²) >= 11 is 0. The van der Waals surface area contributed by atoms with Gasteiger partial charge in [-0.15, -0.1) is 0 Å². The Hall–Kier alpha value is -0.180. The molecule has 0 fully saturated rings. The van der Waals surface area contributed by atoms with Crippen molar-refractivity contribution in [2.75, 3.05) is 0 Å². The van der Waals surface area contributed by atoms with Crippen molar-refractivity contribution in [3.8, 4) is 0 Å². The van der Waals surface area contributed by atoms with Crippen LogP contribution in [-0.2, 0) is 9.36 Å². The van der Waals surface area contributed by atoms with Gasteiger partial charge in [-0.1, -0.05) is 39.5 Å². The largest absolute Gasteiger partial charge is 0.391 e. The first-order chi connectivity index (χ1) is 6.93. The Balaban J connectivity index is 4.03. The van der Waals surface area contributed by atoms with E-state index in [4.69, 9.17) is 9.79 Å². The quantitative estimate of drug-likeness (QED) is 0.502. The van der Waals surface area contributed by atoms with E-state index in [1.54, 1.807) is 6.92 Å². The van der Waals surface area contributed by atoms with Crippen LogP contribution in [-0.4, -0.2) is 15.3 Å². The third-order valence-corrected chi connectivity index (χ3v) is 3.47. The fraction of sp³-hybridized carbons (Fsp3) is 0.900. The van der Waals surface area contributed by atoms with Gasteiger partial charge in [-0.3, -0.25) is 9.36 Å². The smallest absolute Gasteiger partial charge is 0.319 e. The second-order valence-electron chi connectivity index (χ2n) is 3.84. The number of hydrogen-bond acceptors (Lipinski definition) is 2. The molecule has 0 radical (unpaired) electrons. The number of unbranched alkanes of at least 4 members (excludes halogenated alkanes) is 3. The topological polar surface area (TPSA) is 74.6 Å². The molecule has 0 aromatic carbocycles. The maximum Gasteiger partial charge on any atom is 0.391 e. The molecule has 0 heterocycles. The van der Waals surface area contributed by atoms with Crippen molar-refractivity contribution in [3.63, 3.8) is 0 Å². The lowest BCUT2D eigenvalue weighted by atomic mass is 10.00. The molecule has 0 bridgehead atoms. The van der Waals surface area contributed by atoms with E-state index < -0.39 is 19.0 Å². The summed E-state index contributed by atoms with van der Waals surface area (Å²) in [7, 11) is -4.52. The highest BCUT2D eigenvalue weighted by atomic mass is 31.2. The Labute approximate surface area is 91.2 Å². The maximum absolute atomic E-state index is 11.3. The van der Waals surface area contributed by atoms with Gasteiger partial charge < -0.3 is 9.79 Å². The normalized spacial score (nSPS) is 13.9. The summed E-state index contributed by atoms with van der Waals surface area (Å²) in [6.07, 6.45) is 5.24. The molecule has 15 heavy (non-hydrogen) atoms. The summed E-state index contributed by atoms with van der Waals surface area (Å²) in [5.41, 5.74) is -0.888. The molecule has 1 atom stereocenters. The molecule has 0 rings (SSSR count). The monoisotopic (exact) mass is 236 g/mol. The van der Waals surface area contributed by atoms with Gasteiger partial charge in [-0.25, -0.2) is 0 Å². The molecule has 90 valence electrons. The van der Waals surface area contributed by atoms with E-state index in [9.17, 15) is 9.36 Å². The highest BCUT2D eigenvalue weighted by molar-refractivity contribution is 7.70. The van der Waals surface area contributed by atoms with Gasteiger partial charge in [0, 0.05) is 5.92 Å². The van der Waals surface area contributed by atoms with Crippen molar-refractivity contribution in [1.82, 2.24) is 0 Å². The number of carbonyl (C=O) groups excluding carboxylic acids is 1. The SMILES string of the molecule is CCCCCCC(CC)C(=O)P(=O)(O)O. The molecule has 0 aromatic heterocycles. The zero-order valence-corrected chi connectivity index (χ0v) is 10.4. The molecule has 0 saturated heterocycles. The van der Waals surface area contributed by atoms with E-state index in [0.29, 0.717) is 12.8 Å². The molecule has 5 heteroatoms. The Morgan fingerprint density at radius 2 is 1.80 bits per heavy atom. The van der Waals surface area contributed by atoms with Gasteiger partial charge in [0.25, 0.3) is 0 Å². The average Bonchev–Trinajstić information content (AvgIpc) is 2.16. The van der Waals surface area contributed by atoms with Gasteiger partial charge in [0.15, 0.2) is 0 Å². The maximum atomic E-state index is 11.3. The minimum atomic E-state index is -4.52. The molecule has 0 aliphatic carbocycles. The van der Waals surface area contributed by atoms with Crippen molar-refractivity contribution in [2.45, 2.75) is 52.4 Å². The highest BCUT2D eigenvalue weighted by Gasteiger charge is 2.31. The standard InChI is InChI=1S/C10H21O4P/c1-3-5-6-7-8-9(4-2)10(11)15(12,13)14/h9H,3-8H2,1-2H3,(H2,12,13,14). The summed E-state index contributed by atoms with van der Waals surface area (Å²) in [5.74, 6) is -0.470. The van der Waals surface area contributed by atoms with E-state index in [2.05, 4.69) is 6.92 Å². The summed E-state index contributed by atoms with van der Waals surface area (Å²) in [6.45, 7) is 3.89. The Kier molecular flexibility index (Phi) is 7.07. The zero-order chi connectivity index (χ0) is 11.9. The third-order valence-electron chi connectivity index (χ3n) is 2.54. The van der Waals surface area contributed by atoms with Gasteiger partial charge in [0.1, 0.15) is 0 Å². The van der Waals surface area contributed by atoms with E-state index in [-0.39, 0.29) is 0 Å². The summed E-state index contributed by atoms with van der Waals surface area (Å²) < 4.78 is 10.8. The molecular weight excluding hydrogens is 215 g/mol. The van der Waals surface area contributed by atoms with Crippen molar-refractivity contribution >= 4 is 13.1 Å². The van der Waals surface area contributed by atoms with Gasteiger partial charge in [-0.2, -0.15) is 0 Å². The fourth-order valence-corrected chi connectivity index (χ4v) is 2.34. The number of rotatable bonds is 8. The van der Waals surface area contributed by atoms with E-state index in [1.807, 2.05) is 0 Å². The first-order valence-corrected chi connectivity index (χ1v) is 7.14. The van der Waals surface area contributed by atoms with E-state index >= 15 is 0 Å². The predicted molar refractivity (Wildman–Crippen MR) is 59.6 cm³/mol. The van der Waals surface area contributed by atoms with Gasteiger partial charge in [0.2, 0.25) is 5.52 Å². The third kappa shape index (κ3) is 6.08. The summed E-state index contributed by atoms with van der Waals surface area (Å²) in [5, 5.41) is 0. The molecule has 0 aliphatic heterocycles. The van der Waals surface area contributed by atoms with E-state index in [1.165, 1.54) is 0 Å². The average molecular weight is 236 g/mol. The second-order valence-corrected chi connectivity index (χ2v) is 5.37. The first kappa shape index (κ1) is 14.8. The van der Waals surface area contributed by atoms with Crippen LogP contribution in [0, 0.1) is 5.92 Å². The predicted octanol–water partition coefficient (Wildman–Crippen LogP) is 2.69. The van der Waals surface area contributed by atoms with E-state index in [0.717, 1.165) is 25.7 Å². The second kappa shape index (κ2) is 7.15. The van der Waals surface area contributed by atoms with Crippen LogP contribution in [0.15, 0.2) is 0 Å². The Bertz CT molecular complexity index is 234. The molecule has 0 spiro atoms. The minimum Gasteiger partial charge on any atom is -0.319 e. The van der Waals surface area contributed by atoms with Crippen LogP contribution < -0.4 is 0 Å². The molecule has 2 N–H and O–H groups in total. The molecule has 0 aromatic rings. The van der Waals surface area contributed by atoms with Crippen LogP contribution in [0.25, 0.3) is 0 Å². The van der Waals surface area contributed by atoms with Crippen LogP contribution in [0.3, 0.4) is 0 Å². The number of carbonyl (C=O) groups is 1. The molecule has 4 nitrogen and oxygen atoms in total. The van der Waals surface area contributed by atoms with Gasteiger partial charge >= 0.3 is 7.60 Å². The van der Waals surface area contributed by atoms with Gasteiger partial charge in [-0.05, 0) is 12.8 Å². The van der Waals surface area contributed by atoms with Crippen molar-refractivity contribution in [3.05, 3.63) is 0 Å². The lowest BCUT2D eigenvalue weighted by molar-refractivity contribution is -0.117. The fourth-order valence-electron chi connectivity index (χ4n) is 1.56. The summed E-state index contributed by atoms with van der Waals surface area (Å²) in [4.78, 5) is 28.8. The number of hydrogen-bond donors (Lipinski definition) is 2. The van der Waals surface area contributed by atoms with Crippen LogP contribution in [0.4, 0.5) is 0 Å². The lowest BCUT2D eigenvalue weighted by Gasteiger charge is -2.13. The highest BCUT2D eigenvalue weighted by Crippen LogP contribution is 2.41. The first-order valence-electron chi connectivity index (χ1n) is 5.53. The van der Waals surface area contributed by atoms with Crippen LogP contribution in [0.1, 0.15) is 52.4 Å². The van der Waals surface area contributed by atoms with Crippen LogP contribution in [0.5, 0.6) is 0 Å². The Morgan fingerprint density at radius 1 is 1.20 bits per heavy atom. The zero-order valence-electron chi connectivity index (χ0n) is 9.48. The van der Waals surface area contributed by atoms with Gasteiger partial charge in [0.05, 0.1) is 0 Å². The molecule has 0 aliphatic rings. The van der Waals surface area contributed by atoms with Crippen molar-refractivity contribution < 1.29 is 19.1 Å². The van der Waals surface area contributed by atoms with Crippen molar-refractivity contribution in [2.24, 2.45) is 5.92 Å². The Morgan fingerprint density at radius 3 is 2.20 bits per heavy atom. The van der Waals surface area contributed by atoms with Crippen LogP contribution >= 0.6 is 7.60 Å². The lowest BCUT2D eigenvalue weighted by Crippen LogP contribution is -2.13. The molecule has 0 amide bonds. The molecule has 0 saturated carbocycles. The molecular formula is C10H21O4P. The molecule has 1 unspecified atom stereocenters. The van der Waals surface area contributed by atoms with Crippen molar-refractivity contribution in [1.29, 1.82) is 0 Å². The summed E-state index contributed by atoms with van der Waals surface area (Å²) in [6, 6.07) is 0. The minimum absolute atomic E-state index is 0.470. The van der Waals surface area contributed by atoms with Crippen LogP contribution in [0.2, 0.25) is 0 Å².